The summed E-state index contributed by atoms with van der Waals surface area (Å²) < 4.78 is 2.24. The third-order valence-electron chi connectivity index (χ3n) is 6.12. The molecule has 4 heterocycles. The standard InChI is InChI=1S/C21H32N6/c1-3-19-13-21(24-17(2)23-19)26-10-6-20(7-11-26)27-9-4-5-18(15-27)14-25-12-8-22-16-25/h8,12-13,16,18,20H,3-7,9-11,14-15H2,1-2H3. The lowest BCUT2D eigenvalue weighted by Crippen LogP contribution is -2.49. The van der Waals surface area contributed by atoms with Crippen LogP contribution in [0.1, 0.15) is 44.1 Å². The largest absolute Gasteiger partial charge is 0.356 e. The van der Waals surface area contributed by atoms with Gasteiger partial charge in [0, 0.05) is 56.4 Å². The third kappa shape index (κ3) is 4.49. The highest BCUT2D eigenvalue weighted by Gasteiger charge is 2.29. The van der Waals surface area contributed by atoms with Crippen molar-refractivity contribution in [2.24, 2.45) is 5.92 Å². The van der Waals surface area contributed by atoms with Gasteiger partial charge in [-0.05, 0) is 51.5 Å². The van der Waals surface area contributed by atoms with E-state index in [1.165, 1.54) is 38.8 Å². The van der Waals surface area contributed by atoms with Crippen LogP contribution in [0, 0.1) is 12.8 Å². The van der Waals surface area contributed by atoms with Crippen molar-refractivity contribution in [2.45, 2.75) is 58.5 Å². The fourth-order valence-corrected chi connectivity index (χ4v) is 4.69. The van der Waals surface area contributed by atoms with E-state index in [1.807, 2.05) is 19.4 Å². The van der Waals surface area contributed by atoms with E-state index < -0.39 is 0 Å². The van der Waals surface area contributed by atoms with Crippen molar-refractivity contribution in [1.29, 1.82) is 0 Å². The van der Waals surface area contributed by atoms with Crippen LogP contribution in [0.25, 0.3) is 0 Å². The van der Waals surface area contributed by atoms with Gasteiger partial charge in [-0.25, -0.2) is 15.0 Å². The quantitative estimate of drug-likeness (QED) is 0.812. The summed E-state index contributed by atoms with van der Waals surface area (Å²) >= 11 is 0. The highest BCUT2D eigenvalue weighted by Crippen LogP contribution is 2.26. The molecule has 2 fully saturated rings. The topological polar surface area (TPSA) is 50.1 Å². The van der Waals surface area contributed by atoms with Crippen LogP contribution in [0.2, 0.25) is 0 Å². The molecule has 0 amide bonds. The van der Waals surface area contributed by atoms with Gasteiger partial charge in [-0.3, -0.25) is 4.90 Å². The summed E-state index contributed by atoms with van der Waals surface area (Å²) in [7, 11) is 0. The lowest BCUT2D eigenvalue weighted by atomic mass is 9.93. The number of nitrogens with zero attached hydrogens (tertiary/aromatic N) is 6. The Bertz CT molecular complexity index is 720. The van der Waals surface area contributed by atoms with Crippen molar-refractivity contribution in [3.63, 3.8) is 0 Å². The fourth-order valence-electron chi connectivity index (χ4n) is 4.69. The van der Waals surface area contributed by atoms with E-state index in [1.54, 1.807) is 0 Å². The summed E-state index contributed by atoms with van der Waals surface area (Å²) in [6.45, 7) is 9.97. The Hall–Kier alpha value is -1.95. The second kappa shape index (κ2) is 8.38. The van der Waals surface area contributed by atoms with Crippen molar-refractivity contribution in [3.8, 4) is 0 Å². The monoisotopic (exact) mass is 368 g/mol. The Morgan fingerprint density at radius 3 is 2.70 bits per heavy atom. The number of hydrogen-bond donors (Lipinski definition) is 0. The summed E-state index contributed by atoms with van der Waals surface area (Å²) in [5.74, 6) is 2.77. The molecular weight excluding hydrogens is 336 g/mol. The smallest absolute Gasteiger partial charge is 0.132 e. The maximum absolute atomic E-state index is 4.69. The first-order valence-corrected chi connectivity index (χ1v) is 10.5. The lowest BCUT2D eigenvalue weighted by Gasteiger charge is -2.42. The van der Waals surface area contributed by atoms with Gasteiger partial charge in [0.15, 0.2) is 0 Å². The zero-order chi connectivity index (χ0) is 18.6. The maximum Gasteiger partial charge on any atom is 0.132 e. The number of aromatic nitrogens is 4. The maximum atomic E-state index is 4.69. The summed E-state index contributed by atoms with van der Waals surface area (Å²) in [5, 5.41) is 0. The molecule has 2 aromatic heterocycles. The van der Waals surface area contributed by atoms with Crippen molar-refractivity contribution in [1.82, 2.24) is 24.4 Å². The second-order valence-corrected chi connectivity index (χ2v) is 8.10. The van der Waals surface area contributed by atoms with E-state index >= 15 is 0 Å². The van der Waals surface area contributed by atoms with E-state index in [-0.39, 0.29) is 0 Å². The minimum Gasteiger partial charge on any atom is -0.356 e. The summed E-state index contributed by atoms with van der Waals surface area (Å²) in [5.41, 5.74) is 1.15. The molecule has 2 aliphatic heterocycles. The molecule has 0 radical (unpaired) electrons. The molecule has 2 aromatic rings. The lowest BCUT2D eigenvalue weighted by molar-refractivity contribution is 0.0997. The Morgan fingerprint density at radius 2 is 1.96 bits per heavy atom. The number of imidazole rings is 1. The van der Waals surface area contributed by atoms with E-state index in [0.29, 0.717) is 0 Å². The van der Waals surface area contributed by atoms with E-state index in [4.69, 9.17) is 0 Å². The van der Waals surface area contributed by atoms with Crippen LogP contribution in [0.5, 0.6) is 0 Å². The van der Waals surface area contributed by atoms with Crippen LogP contribution in [0.15, 0.2) is 24.8 Å². The van der Waals surface area contributed by atoms with Gasteiger partial charge < -0.3 is 9.47 Å². The number of anilines is 1. The average Bonchev–Trinajstić information content (AvgIpc) is 3.21. The molecule has 2 aliphatic rings. The van der Waals surface area contributed by atoms with Gasteiger partial charge in [0.25, 0.3) is 0 Å². The van der Waals surface area contributed by atoms with E-state index in [9.17, 15) is 0 Å². The zero-order valence-corrected chi connectivity index (χ0v) is 16.7. The van der Waals surface area contributed by atoms with Crippen LogP contribution in [-0.4, -0.2) is 56.6 Å². The van der Waals surface area contributed by atoms with E-state index in [2.05, 4.69) is 48.5 Å². The number of piperidine rings is 2. The van der Waals surface area contributed by atoms with Crippen molar-refractivity contribution >= 4 is 5.82 Å². The van der Waals surface area contributed by atoms with Crippen molar-refractivity contribution < 1.29 is 0 Å². The van der Waals surface area contributed by atoms with Crippen LogP contribution in [0.4, 0.5) is 5.82 Å². The molecule has 6 heteroatoms. The van der Waals surface area contributed by atoms with Crippen LogP contribution >= 0.6 is 0 Å². The second-order valence-electron chi connectivity index (χ2n) is 8.10. The first-order valence-electron chi connectivity index (χ1n) is 10.5. The normalized spacial score (nSPS) is 22.3. The molecule has 6 nitrogen and oxygen atoms in total. The van der Waals surface area contributed by atoms with Gasteiger partial charge in [0.2, 0.25) is 0 Å². The molecule has 0 aromatic carbocycles. The Balaban J connectivity index is 1.33. The number of rotatable bonds is 5. The third-order valence-corrected chi connectivity index (χ3v) is 6.12. The zero-order valence-electron chi connectivity index (χ0n) is 16.7. The van der Waals surface area contributed by atoms with Crippen LogP contribution < -0.4 is 4.90 Å². The average molecular weight is 369 g/mol. The van der Waals surface area contributed by atoms with Crippen LogP contribution in [0.3, 0.4) is 0 Å². The molecule has 27 heavy (non-hydrogen) atoms. The molecule has 1 atom stereocenters. The van der Waals surface area contributed by atoms with Gasteiger partial charge in [0.1, 0.15) is 11.6 Å². The molecule has 146 valence electrons. The predicted octanol–water partition coefficient (Wildman–Crippen LogP) is 2.92. The molecule has 0 saturated carbocycles. The summed E-state index contributed by atoms with van der Waals surface area (Å²) in [6.07, 6.45) is 12.0. The minimum atomic E-state index is 0.723. The first-order chi connectivity index (χ1) is 13.2. The van der Waals surface area contributed by atoms with Gasteiger partial charge in [-0.15, -0.1) is 0 Å². The number of hydrogen-bond acceptors (Lipinski definition) is 5. The highest BCUT2D eigenvalue weighted by atomic mass is 15.2. The molecular formula is C21H32N6. The highest BCUT2D eigenvalue weighted by molar-refractivity contribution is 5.40. The fraction of sp³-hybridized carbons (Fsp3) is 0.667. The Labute approximate surface area is 162 Å². The minimum absolute atomic E-state index is 0.723. The Kier molecular flexibility index (Phi) is 5.72. The van der Waals surface area contributed by atoms with Gasteiger partial charge in [-0.1, -0.05) is 6.92 Å². The molecule has 0 bridgehead atoms. The first kappa shape index (κ1) is 18.4. The number of aryl methyl sites for hydroxylation is 2. The summed E-state index contributed by atoms with van der Waals surface area (Å²) in [6, 6.07) is 2.90. The van der Waals surface area contributed by atoms with E-state index in [0.717, 1.165) is 55.4 Å². The van der Waals surface area contributed by atoms with Gasteiger partial charge in [0.05, 0.1) is 6.33 Å². The molecule has 4 rings (SSSR count). The SMILES string of the molecule is CCc1cc(N2CCC(N3CCCC(Cn4ccnc4)C3)CC2)nc(C)n1. The molecule has 1 unspecified atom stereocenters. The number of likely N-dealkylation sites (tertiary alicyclic amines) is 1. The molecule has 0 spiro atoms. The molecule has 0 aliphatic carbocycles. The predicted molar refractivity (Wildman–Crippen MR) is 108 cm³/mol. The molecule has 0 N–H and O–H groups in total. The Morgan fingerprint density at radius 1 is 1.11 bits per heavy atom. The molecule has 2 saturated heterocycles. The van der Waals surface area contributed by atoms with Crippen LogP contribution in [-0.2, 0) is 13.0 Å². The van der Waals surface area contributed by atoms with Gasteiger partial charge >= 0.3 is 0 Å². The van der Waals surface area contributed by atoms with Crippen molar-refractivity contribution in [3.05, 3.63) is 36.3 Å². The van der Waals surface area contributed by atoms with Gasteiger partial charge in [-0.2, -0.15) is 0 Å². The van der Waals surface area contributed by atoms with Crippen molar-refractivity contribution in [2.75, 3.05) is 31.1 Å². The summed E-state index contributed by atoms with van der Waals surface area (Å²) in [4.78, 5) is 18.6.